The third-order valence-corrected chi connectivity index (χ3v) is 9.97. The van der Waals surface area contributed by atoms with Crippen molar-refractivity contribution in [3.8, 4) is 11.1 Å². The molecule has 6 rings (SSSR count). The number of hydrogen-bond acceptors (Lipinski definition) is 6. The Bertz CT molecular complexity index is 1570. The number of piperidine rings is 1. The number of fused-ring (bicyclic) bond motifs is 1. The molecule has 8 nitrogen and oxygen atoms in total. The van der Waals surface area contributed by atoms with E-state index in [-0.39, 0.29) is 41.7 Å². The molecule has 2 aliphatic heterocycles. The summed E-state index contributed by atoms with van der Waals surface area (Å²) in [5.41, 5.74) is 5.46. The number of nitrogens with zero attached hydrogens (tertiary/aromatic N) is 3. The van der Waals surface area contributed by atoms with Gasteiger partial charge in [0.2, 0.25) is 11.6 Å². The molecule has 44 heavy (non-hydrogen) atoms. The van der Waals surface area contributed by atoms with Crippen molar-refractivity contribution in [3.63, 3.8) is 0 Å². The third-order valence-electron chi connectivity index (χ3n) is 9.50. The number of ether oxygens (including phenoxy) is 1. The van der Waals surface area contributed by atoms with Crippen molar-refractivity contribution in [2.45, 2.75) is 62.8 Å². The van der Waals surface area contributed by atoms with Crippen LogP contribution in [0.5, 0.6) is 0 Å². The summed E-state index contributed by atoms with van der Waals surface area (Å²) in [7, 11) is 1.98. The number of aliphatic hydroxyl groups excluding tert-OH is 1. The minimum Gasteiger partial charge on any atom is -0.388 e. The molecule has 0 bridgehead atoms. The van der Waals surface area contributed by atoms with Gasteiger partial charge in [-0.1, -0.05) is 58.4 Å². The minimum absolute atomic E-state index is 0.0205. The van der Waals surface area contributed by atoms with Crippen LogP contribution in [-0.4, -0.2) is 64.3 Å². The number of pyridine rings is 1. The van der Waals surface area contributed by atoms with Crippen molar-refractivity contribution in [3.05, 3.63) is 87.2 Å². The maximum absolute atomic E-state index is 16.7. The smallest absolute Gasteiger partial charge is 0.285 e. The molecule has 2 aromatic carbocycles. The summed E-state index contributed by atoms with van der Waals surface area (Å²) in [5.74, 6) is -1.48. The van der Waals surface area contributed by atoms with Crippen LogP contribution in [-0.2, 0) is 21.7 Å². The Morgan fingerprint density at radius 1 is 1.14 bits per heavy atom. The maximum Gasteiger partial charge on any atom is 0.285 e. The number of hydrogen-bond donors (Lipinski definition) is 2. The van der Waals surface area contributed by atoms with Crippen LogP contribution in [0.15, 0.2) is 54.7 Å². The highest BCUT2D eigenvalue weighted by atomic mass is 35.5. The van der Waals surface area contributed by atoms with E-state index >= 15 is 4.48 Å². The number of aliphatic hydroxyl groups is 1. The van der Waals surface area contributed by atoms with Crippen molar-refractivity contribution in [1.82, 2.24) is 15.0 Å². The van der Waals surface area contributed by atoms with Crippen molar-refractivity contribution in [2.24, 2.45) is 11.1 Å². The Morgan fingerprint density at radius 2 is 1.86 bits per heavy atom. The van der Waals surface area contributed by atoms with E-state index in [4.69, 9.17) is 33.7 Å². The van der Waals surface area contributed by atoms with E-state index in [2.05, 4.69) is 9.88 Å². The van der Waals surface area contributed by atoms with Gasteiger partial charge in [-0.05, 0) is 86.7 Å². The first-order chi connectivity index (χ1) is 21.1. The number of amides is 2. The molecule has 2 amide bonds. The fraction of sp³-hybridized carbons (Fsp3) is 0.424. The third kappa shape index (κ3) is 5.49. The largest absolute Gasteiger partial charge is 0.388 e. The normalized spacial score (nSPS) is 23.4. The average Bonchev–Trinajstić information content (AvgIpc) is 3.77. The molecule has 1 saturated carbocycles. The van der Waals surface area contributed by atoms with Gasteiger partial charge in [0, 0.05) is 34.9 Å². The number of carbonyl (C=O) groups is 2. The maximum atomic E-state index is 16.7. The average molecular weight is 642 g/mol. The molecule has 3 atom stereocenters. The first kappa shape index (κ1) is 30.9. The second-order valence-electron chi connectivity index (χ2n) is 12.3. The van der Waals surface area contributed by atoms with Gasteiger partial charge in [0.15, 0.2) is 0 Å². The molecule has 2 unspecified atom stereocenters. The van der Waals surface area contributed by atoms with Crippen LogP contribution >= 0.6 is 23.2 Å². The SMILES string of the molecule is CN1CCCCC1CC(O)[C@]1(OCC2(C(N)=O)CC2)c2ccc(-c3ccc(Cl)cc3)c(Cc3ccc(Cl)cn3)c2C(=O)N1F. The Morgan fingerprint density at radius 3 is 2.50 bits per heavy atom. The van der Waals surface area contributed by atoms with Crippen LogP contribution < -0.4 is 5.73 Å². The van der Waals surface area contributed by atoms with E-state index in [1.54, 1.807) is 36.4 Å². The van der Waals surface area contributed by atoms with Gasteiger partial charge >= 0.3 is 0 Å². The summed E-state index contributed by atoms with van der Waals surface area (Å²) in [6.07, 6.45) is 4.27. The second-order valence-corrected chi connectivity index (χ2v) is 13.1. The van der Waals surface area contributed by atoms with Crippen molar-refractivity contribution < 1.29 is 23.9 Å². The highest BCUT2D eigenvalue weighted by Gasteiger charge is 2.60. The van der Waals surface area contributed by atoms with Gasteiger partial charge < -0.3 is 20.5 Å². The number of halogens is 3. The molecule has 0 spiro atoms. The summed E-state index contributed by atoms with van der Waals surface area (Å²) in [6, 6.07) is 14.0. The number of rotatable bonds is 10. The van der Waals surface area contributed by atoms with Crippen LogP contribution in [0.4, 0.5) is 4.48 Å². The van der Waals surface area contributed by atoms with Crippen LogP contribution in [0, 0.1) is 5.41 Å². The lowest BCUT2D eigenvalue weighted by Gasteiger charge is -2.41. The van der Waals surface area contributed by atoms with E-state index in [0.29, 0.717) is 39.7 Å². The number of carbonyl (C=O) groups excluding carboxylic acids is 2. The van der Waals surface area contributed by atoms with Crippen molar-refractivity contribution in [1.29, 1.82) is 0 Å². The fourth-order valence-electron chi connectivity index (χ4n) is 6.58. The summed E-state index contributed by atoms with van der Waals surface area (Å²) in [5, 5.41) is 13.0. The Kier molecular flexibility index (Phi) is 8.45. The second kappa shape index (κ2) is 12.0. The molecular weight excluding hydrogens is 606 g/mol. The zero-order chi connectivity index (χ0) is 31.2. The molecule has 3 aromatic rings. The molecule has 1 aromatic heterocycles. The van der Waals surface area contributed by atoms with Crippen LogP contribution in [0.1, 0.15) is 65.7 Å². The summed E-state index contributed by atoms with van der Waals surface area (Å²) in [4.78, 5) is 32.9. The molecule has 11 heteroatoms. The van der Waals surface area contributed by atoms with Crippen LogP contribution in [0.3, 0.4) is 0 Å². The molecule has 2 fully saturated rings. The predicted molar refractivity (Wildman–Crippen MR) is 166 cm³/mol. The van der Waals surface area contributed by atoms with E-state index in [1.165, 1.54) is 6.20 Å². The number of nitrogens with two attached hydrogens (primary N) is 1. The Hall–Kier alpha value is -3.08. The molecule has 3 N–H and O–H groups in total. The molecule has 3 aliphatic rings. The first-order valence-electron chi connectivity index (χ1n) is 14.9. The monoisotopic (exact) mass is 640 g/mol. The standard InChI is InChI=1S/C33H35Cl2FN4O4/c1-39-15-3-2-4-24(39)17-28(41)33(44-19-32(13-14-32)31(37)43)27-12-11-25(20-5-7-21(34)8-6-20)26(29(27)30(42)40(33)36)16-23-10-9-22(35)18-38-23/h5-12,18,24,28,41H,2-4,13-17,19H2,1H3,(H2,37,43)/t24?,28?,33-/m1/s1. The van der Waals surface area contributed by atoms with E-state index in [1.807, 2.05) is 19.2 Å². The Balaban J connectivity index is 1.50. The topological polar surface area (TPSA) is 109 Å². The van der Waals surface area contributed by atoms with Gasteiger partial charge in [-0.2, -0.15) is 0 Å². The van der Waals surface area contributed by atoms with Crippen LogP contribution in [0.2, 0.25) is 10.0 Å². The van der Waals surface area contributed by atoms with Gasteiger partial charge in [-0.25, -0.2) is 0 Å². The summed E-state index contributed by atoms with van der Waals surface area (Å²) < 4.78 is 23.0. The van der Waals surface area contributed by atoms with Crippen molar-refractivity contribution >= 4 is 35.0 Å². The van der Waals surface area contributed by atoms with E-state index in [0.717, 1.165) is 31.4 Å². The molecule has 232 valence electrons. The number of benzene rings is 2. The lowest BCUT2D eigenvalue weighted by Crippen LogP contribution is -2.54. The summed E-state index contributed by atoms with van der Waals surface area (Å²) in [6.45, 7) is 0.633. The lowest BCUT2D eigenvalue weighted by atomic mass is 9.84. The molecule has 1 aliphatic carbocycles. The highest BCUT2D eigenvalue weighted by Crippen LogP contribution is 2.52. The van der Waals surface area contributed by atoms with Crippen molar-refractivity contribution in [2.75, 3.05) is 20.2 Å². The molecular formula is C33H35Cl2FN4O4. The lowest BCUT2D eigenvalue weighted by molar-refractivity contribution is -0.261. The number of likely N-dealkylation sites (tertiary alicyclic amines) is 1. The van der Waals surface area contributed by atoms with Gasteiger partial charge in [-0.15, -0.1) is 5.12 Å². The van der Waals surface area contributed by atoms with E-state index < -0.39 is 29.1 Å². The van der Waals surface area contributed by atoms with Gasteiger partial charge in [0.25, 0.3) is 5.91 Å². The Labute approximate surface area is 265 Å². The first-order valence-corrected chi connectivity index (χ1v) is 15.7. The van der Waals surface area contributed by atoms with Crippen LogP contribution in [0.25, 0.3) is 11.1 Å². The quantitative estimate of drug-likeness (QED) is 0.277. The predicted octanol–water partition coefficient (Wildman–Crippen LogP) is 5.66. The molecule has 3 heterocycles. The fourth-order valence-corrected chi connectivity index (χ4v) is 6.82. The minimum atomic E-state index is -2.17. The van der Waals surface area contributed by atoms with Gasteiger partial charge in [0.05, 0.1) is 22.6 Å². The van der Waals surface area contributed by atoms with Gasteiger partial charge in [0.1, 0.15) is 6.10 Å². The molecule has 1 saturated heterocycles. The van der Waals surface area contributed by atoms with E-state index in [9.17, 15) is 14.7 Å². The highest BCUT2D eigenvalue weighted by molar-refractivity contribution is 6.30. The zero-order valence-corrected chi connectivity index (χ0v) is 26.0. The number of aromatic nitrogens is 1. The zero-order valence-electron chi connectivity index (χ0n) is 24.4. The summed E-state index contributed by atoms with van der Waals surface area (Å²) >= 11 is 12.3. The van der Waals surface area contributed by atoms with Gasteiger partial charge in [-0.3, -0.25) is 14.6 Å². The number of primary amides is 1. The molecule has 0 radical (unpaired) electrons.